The van der Waals surface area contributed by atoms with Crippen LogP contribution in [0.15, 0.2) is 109 Å². The molecule has 0 fully saturated rings. The van der Waals surface area contributed by atoms with Crippen molar-refractivity contribution in [3.63, 3.8) is 0 Å². The molecule has 1 atom stereocenters. The Labute approximate surface area is 421 Å². The van der Waals surface area contributed by atoms with Crippen LogP contribution in [0.5, 0.6) is 0 Å². The van der Waals surface area contributed by atoms with E-state index in [1.165, 1.54) is 128 Å². The molecule has 5 nitrogen and oxygen atoms in total. The van der Waals surface area contributed by atoms with Crippen LogP contribution in [0.4, 0.5) is 0 Å². The van der Waals surface area contributed by atoms with Gasteiger partial charge in [0.25, 0.3) is 0 Å². The number of esters is 2. The SMILES string of the molecule is CC/C=C\C/C=C\C/C=C\C/C=C\C/C=C\C/C=C\CCC(=O)OCC(COCCCCCCCC/C=C\C/C=C\CCCCC)OC(=O)CCCCCCCCC/C=C\CCCCCCCC. The quantitative estimate of drug-likeness (QED) is 0.0345. The monoisotopic (exact) mass is 943 g/mol. The molecule has 0 bridgehead atoms. The average Bonchev–Trinajstić information content (AvgIpc) is 3.34. The van der Waals surface area contributed by atoms with Crippen molar-refractivity contribution in [2.45, 2.75) is 258 Å². The summed E-state index contributed by atoms with van der Waals surface area (Å²) in [6.45, 7) is 7.59. The van der Waals surface area contributed by atoms with Gasteiger partial charge in [0.15, 0.2) is 6.10 Å². The van der Waals surface area contributed by atoms with E-state index in [0.29, 0.717) is 25.9 Å². The number of rotatable bonds is 51. The Morgan fingerprint density at radius 1 is 0.338 bits per heavy atom. The van der Waals surface area contributed by atoms with Crippen LogP contribution >= 0.6 is 0 Å². The Morgan fingerprint density at radius 3 is 1.16 bits per heavy atom. The van der Waals surface area contributed by atoms with Gasteiger partial charge < -0.3 is 14.2 Å². The Hall–Kier alpha value is -3.44. The molecule has 0 aliphatic rings. The molecule has 0 aliphatic carbocycles. The van der Waals surface area contributed by atoms with E-state index in [1.807, 2.05) is 6.08 Å². The van der Waals surface area contributed by atoms with E-state index in [-0.39, 0.29) is 25.2 Å². The number of carbonyl (C=O) groups excluding carboxylic acids is 2. The fraction of sp³-hybridized carbons (Fsp3) is 0.683. The average molecular weight is 944 g/mol. The molecule has 0 radical (unpaired) electrons. The first kappa shape index (κ1) is 64.6. The number of unbranched alkanes of at least 4 members (excludes halogenated alkanes) is 22. The molecular formula is C63H106O5. The largest absolute Gasteiger partial charge is 0.462 e. The molecule has 0 saturated carbocycles. The predicted molar refractivity (Wildman–Crippen MR) is 297 cm³/mol. The maximum atomic E-state index is 12.9. The van der Waals surface area contributed by atoms with Crippen molar-refractivity contribution in [2.24, 2.45) is 0 Å². The summed E-state index contributed by atoms with van der Waals surface area (Å²) in [5.74, 6) is -0.506. The van der Waals surface area contributed by atoms with E-state index in [2.05, 4.69) is 124 Å². The highest BCUT2D eigenvalue weighted by Gasteiger charge is 2.17. The molecule has 0 N–H and O–H groups in total. The summed E-state index contributed by atoms with van der Waals surface area (Å²) in [6.07, 6.45) is 79.7. The van der Waals surface area contributed by atoms with Crippen molar-refractivity contribution in [3.8, 4) is 0 Å². The molecule has 1 unspecified atom stereocenters. The molecule has 0 saturated heterocycles. The summed E-state index contributed by atoms with van der Waals surface area (Å²) in [5, 5.41) is 0. The molecule has 388 valence electrons. The van der Waals surface area contributed by atoms with E-state index >= 15 is 0 Å². The van der Waals surface area contributed by atoms with Gasteiger partial charge >= 0.3 is 11.9 Å². The summed E-state index contributed by atoms with van der Waals surface area (Å²) in [7, 11) is 0. The van der Waals surface area contributed by atoms with E-state index in [9.17, 15) is 9.59 Å². The Balaban J connectivity index is 4.43. The lowest BCUT2D eigenvalue weighted by atomic mass is 10.1. The van der Waals surface area contributed by atoms with Gasteiger partial charge in [-0.1, -0.05) is 233 Å². The van der Waals surface area contributed by atoms with E-state index in [0.717, 1.165) is 83.5 Å². The van der Waals surface area contributed by atoms with E-state index in [4.69, 9.17) is 14.2 Å². The molecular weight excluding hydrogens is 837 g/mol. The van der Waals surface area contributed by atoms with Crippen molar-refractivity contribution < 1.29 is 23.8 Å². The molecule has 0 amide bonds. The number of ether oxygens (including phenoxy) is 3. The van der Waals surface area contributed by atoms with Crippen molar-refractivity contribution in [1.29, 1.82) is 0 Å². The molecule has 0 aromatic carbocycles. The standard InChI is InChI=1S/C63H106O5/c1-4-7-10-13-16-19-22-25-28-31-32-34-35-38-41-44-47-50-53-56-62(64)67-60-61(59-66-58-55-52-49-46-43-40-37-30-27-24-21-18-15-12-9-6-3)68-63(65)57-54-51-48-45-42-39-36-33-29-26-23-20-17-14-11-8-5-2/h7,10,16,18-19,21,25-30,32,34,38,41,47,50,61H,4-6,8-9,11-15,17,20,22-24,31,33,35-37,39-40,42-46,48-49,51-60H2,1-3H3/b10-7-,19-16-,21-18-,28-25-,29-26-,30-27-,34-32-,41-38-,50-47-. The van der Waals surface area contributed by atoms with Crippen LogP contribution in [0.2, 0.25) is 0 Å². The summed E-state index contributed by atoms with van der Waals surface area (Å²) < 4.78 is 17.4. The lowest BCUT2D eigenvalue weighted by Crippen LogP contribution is -2.30. The zero-order chi connectivity index (χ0) is 49.2. The predicted octanol–water partition coefficient (Wildman–Crippen LogP) is 19.6. The number of hydrogen-bond acceptors (Lipinski definition) is 5. The van der Waals surface area contributed by atoms with Gasteiger partial charge in [-0.15, -0.1) is 0 Å². The molecule has 68 heavy (non-hydrogen) atoms. The van der Waals surface area contributed by atoms with Crippen LogP contribution in [0.3, 0.4) is 0 Å². The van der Waals surface area contributed by atoms with Crippen molar-refractivity contribution in [1.82, 2.24) is 0 Å². The van der Waals surface area contributed by atoms with Crippen molar-refractivity contribution in [2.75, 3.05) is 19.8 Å². The highest BCUT2D eigenvalue weighted by atomic mass is 16.6. The second-order valence-electron chi connectivity index (χ2n) is 18.4. The minimum atomic E-state index is -0.582. The molecule has 5 heteroatoms. The van der Waals surface area contributed by atoms with Gasteiger partial charge in [-0.25, -0.2) is 0 Å². The Kier molecular flexibility index (Phi) is 54.9. The molecule has 0 heterocycles. The van der Waals surface area contributed by atoms with Crippen LogP contribution in [-0.4, -0.2) is 37.9 Å². The fourth-order valence-corrected chi connectivity index (χ4v) is 7.56. The second-order valence-corrected chi connectivity index (χ2v) is 18.4. The van der Waals surface area contributed by atoms with Gasteiger partial charge in [0.1, 0.15) is 6.61 Å². The normalized spacial score (nSPS) is 13.0. The van der Waals surface area contributed by atoms with Gasteiger partial charge in [0, 0.05) is 19.4 Å². The highest BCUT2D eigenvalue weighted by Crippen LogP contribution is 2.13. The minimum absolute atomic E-state index is 0.0340. The molecule has 0 aromatic heterocycles. The zero-order valence-electron chi connectivity index (χ0n) is 44.6. The van der Waals surface area contributed by atoms with Gasteiger partial charge in [-0.2, -0.15) is 0 Å². The van der Waals surface area contributed by atoms with Crippen LogP contribution in [0.25, 0.3) is 0 Å². The Morgan fingerprint density at radius 2 is 0.691 bits per heavy atom. The van der Waals surface area contributed by atoms with E-state index in [1.54, 1.807) is 0 Å². The first-order valence-corrected chi connectivity index (χ1v) is 28.4. The fourth-order valence-electron chi connectivity index (χ4n) is 7.56. The molecule has 0 rings (SSSR count). The smallest absolute Gasteiger partial charge is 0.306 e. The Bertz CT molecular complexity index is 1340. The number of carbonyl (C=O) groups is 2. The summed E-state index contributed by atoms with van der Waals surface area (Å²) in [6, 6.07) is 0. The van der Waals surface area contributed by atoms with Gasteiger partial charge in [0.05, 0.1) is 6.61 Å². The first-order chi connectivity index (χ1) is 33.6. The third-order valence-electron chi connectivity index (χ3n) is 11.8. The maximum absolute atomic E-state index is 12.9. The minimum Gasteiger partial charge on any atom is -0.462 e. The third kappa shape index (κ3) is 55.2. The summed E-state index contributed by atoms with van der Waals surface area (Å²) in [4.78, 5) is 25.5. The van der Waals surface area contributed by atoms with Gasteiger partial charge in [0.2, 0.25) is 0 Å². The summed E-state index contributed by atoms with van der Waals surface area (Å²) in [5.41, 5.74) is 0. The second kappa shape index (κ2) is 57.9. The zero-order valence-corrected chi connectivity index (χ0v) is 44.6. The van der Waals surface area contributed by atoms with Crippen LogP contribution in [-0.2, 0) is 23.8 Å². The first-order valence-electron chi connectivity index (χ1n) is 28.4. The third-order valence-corrected chi connectivity index (χ3v) is 11.8. The van der Waals surface area contributed by atoms with Gasteiger partial charge in [-0.05, 0) is 116 Å². The molecule has 0 aliphatic heterocycles. The maximum Gasteiger partial charge on any atom is 0.306 e. The van der Waals surface area contributed by atoms with Crippen LogP contribution in [0.1, 0.15) is 252 Å². The van der Waals surface area contributed by atoms with E-state index < -0.39 is 6.10 Å². The van der Waals surface area contributed by atoms with Gasteiger partial charge in [-0.3, -0.25) is 9.59 Å². The lowest BCUT2D eigenvalue weighted by Gasteiger charge is -2.18. The lowest BCUT2D eigenvalue weighted by molar-refractivity contribution is -0.162. The molecule has 0 aromatic rings. The van der Waals surface area contributed by atoms with Crippen molar-refractivity contribution in [3.05, 3.63) is 109 Å². The topological polar surface area (TPSA) is 61.8 Å². The number of hydrogen-bond donors (Lipinski definition) is 0. The highest BCUT2D eigenvalue weighted by molar-refractivity contribution is 5.70. The molecule has 0 spiro atoms. The van der Waals surface area contributed by atoms with Crippen molar-refractivity contribution >= 4 is 11.9 Å². The van der Waals surface area contributed by atoms with Crippen LogP contribution in [0, 0.1) is 0 Å². The number of allylic oxidation sites excluding steroid dienone is 18. The van der Waals surface area contributed by atoms with Crippen LogP contribution < -0.4 is 0 Å². The summed E-state index contributed by atoms with van der Waals surface area (Å²) >= 11 is 0.